The number of ether oxygens (including phenoxy) is 2. The molecule has 39 heavy (non-hydrogen) atoms. The molecule has 2 aromatic rings. The Labute approximate surface area is 230 Å². The molecule has 5 rings (SSSR count). The van der Waals surface area contributed by atoms with Gasteiger partial charge in [0.2, 0.25) is 0 Å². The predicted octanol–water partition coefficient (Wildman–Crippen LogP) is 5.28. The van der Waals surface area contributed by atoms with E-state index in [1.165, 1.54) is 6.07 Å². The number of benzene rings is 1. The normalized spacial score (nSPS) is 23.8. The van der Waals surface area contributed by atoms with Crippen LogP contribution in [0.3, 0.4) is 0 Å². The number of hydrogen-bond donors (Lipinski definition) is 3. The van der Waals surface area contributed by atoms with Gasteiger partial charge in [-0.15, -0.1) is 0 Å². The molecule has 3 aliphatic rings. The lowest BCUT2D eigenvalue weighted by Gasteiger charge is -2.51. The Morgan fingerprint density at radius 2 is 1.85 bits per heavy atom. The van der Waals surface area contributed by atoms with Crippen LogP contribution in [0.1, 0.15) is 79.4 Å². The number of rotatable bonds is 4. The fraction of sp³-hybridized carbons (Fsp3) is 0.621. The van der Waals surface area contributed by atoms with Crippen LogP contribution < -0.4 is 10.4 Å². The fourth-order valence-corrected chi connectivity index (χ4v) is 5.79. The van der Waals surface area contributed by atoms with Crippen molar-refractivity contribution in [2.24, 2.45) is 11.8 Å². The molecule has 0 aliphatic carbocycles. The third-order valence-corrected chi connectivity index (χ3v) is 7.44. The lowest BCUT2D eigenvalue weighted by molar-refractivity contribution is -0.0562. The Kier molecular flexibility index (Phi) is 8.01. The Morgan fingerprint density at radius 3 is 2.44 bits per heavy atom. The van der Waals surface area contributed by atoms with Gasteiger partial charge in [0.05, 0.1) is 11.6 Å². The number of hydrazine groups is 1. The van der Waals surface area contributed by atoms with Crippen LogP contribution in [0.2, 0.25) is 0 Å². The van der Waals surface area contributed by atoms with E-state index in [4.69, 9.17) is 9.47 Å². The fourth-order valence-electron chi connectivity index (χ4n) is 5.79. The summed E-state index contributed by atoms with van der Waals surface area (Å²) in [6.45, 7) is 14.3. The number of aromatic nitrogens is 1. The Bertz CT molecular complexity index is 1220. The van der Waals surface area contributed by atoms with Crippen molar-refractivity contribution >= 4 is 28.8 Å². The molecule has 4 heterocycles. The average molecular weight is 543 g/mol. The van der Waals surface area contributed by atoms with E-state index in [1.54, 1.807) is 59.9 Å². The van der Waals surface area contributed by atoms with Gasteiger partial charge in [-0.25, -0.2) is 15.0 Å². The zero-order valence-electron chi connectivity index (χ0n) is 24.0. The van der Waals surface area contributed by atoms with Crippen LogP contribution in [0.25, 0.3) is 10.9 Å². The highest BCUT2D eigenvalue weighted by atomic mass is 16.6. The van der Waals surface area contributed by atoms with Crippen molar-refractivity contribution in [2.75, 3.05) is 18.1 Å². The SMILES string of the molecule is CC[C@H]1CN2CCC1C[C@@H]2C(O)c1ccnc2ccc(O)c(N(NC(=O)OC(C)(C)C)C(=O)OC(C)(C)C)c12. The first-order valence-electron chi connectivity index (χ1n) is 13.7. The van der Waals surface area contributed by atoms with E-state index < -0.39 is 29.5 Å². The first-order chi connectivity index (χ1) is 18.2. The molecular weight excluding hydrogens is 500 g/mol. The number of aliphatic hydroxyl groups is 1. The molecule has 0 saturated carbocycles. The highest BCUT2D eigenvalue weighted by molar-refractivity contribution is 6.05. The number of aliphatic hydroxyl groups excluding tert-OH is 1. The van der Waals surface area contributed by atoms with Crippen LogP contribution in [0.5, 0.6) is 5.75 Å². The second kappa shape index (κ2) is 10.8. The number of phenolic OH excluding ortho intramolecular Hbond substituents is 1. The van der Waals surface area contributed by atoms with Gasteiger partial charge >= 0.3 is 12.2 Å². The topological polar surface area (TPSA) is 124 Å². The summed E-state index contributed by atoms with van der Waals surface area (Å²) in [6.07, 6.45) is 1.97. The van der Waals surface area contributed by atoms with Gasteiger partial charge in [-0.1, -0.05) is 13.3 Å². The second-order valence-electron chi connectivity index (χ2n) is 12.6. The van der Waals surface area contributed by atoms with E-state index in [0.717, 1.165) is 37.4 Å². The van der Waals surface area contributed by atoms with Crippen LogP contribution in [0, 0.1) is 11.8 Å². The van der Waals surface area contributed by atoms with Crippen molar-refractivity contribution in [3.63, 3.8) is 0 Å². The highest BCUT2D eigenvalue weighted by Gasteiger charge is 2.43. The molecule has 5 atom stereocenters. The van der Waals surface area contributed by atoms with Crippen molar-refractivity contribution in [2.45, 2.75) is 91.1 Å². The minimum atomic E-state index is -0.924. The average Bonchev–Trinajstić information content (AvgIpc) is 2.84. The maximum Gasteiger partial charge on any atom is 0.434 e. The number of piperidine rings is 3. The molecule has 10 nitrogen and oxygen atoms in total. The van der Waals surface area contributed by atoms with Crippen LogP contribution in [0.15, 0.2) is 24.4 Å². The molecule has 1 aromatic heterocycles. The van der Waals surface area contributed by atoms with Crippen molar-refractivity contribution in [3.8, 4) is 5.75 Å². The van der Waals surface area contributed by atoms with Crippen LogP contribution in [-0.2, 0) is 9.47 Å². The molecule has 2 bridgehead atoms. The number of carbonyl (C=O) groups excluding carboxylic acids is 2. The minimum absolute atomic E-state index is 0.0443. The molecule has 2 amide bonds. The highest BCUT2D eigenvalue weighted by Crippen LogP contribution is 2.45. The monoisotopic (exact) mass is 542 g/mol. The van der Waals surface area contributed by atoms with Gasteiger partial charge in [0.25, 0.3) is 0 Å². The van der Waals surface area contributed by atoms with E-state index in [-0.39, 0.29) is 17.5 Å². The van der Waals surface area contributed by atoms with Crippen molar-refractivity contribution in [3.05, 3.63) is 30.0 Å². The van der Waals surface area contributed by atoms with E-state index in [0.29, 0.717) is 28.3 Å². The van der Waals surface area contributed by atoms with Crippen molar-refractivity contribution < 1.29 is 29.3 Å². The number of anilines is 1. The Morgan fingerprint density at radius 1 is 1.15 bits per heavy atom. The van der Waals surface area contributed by atoms with Gasteiger partial charge in [0.15, 0.2) is 0 Å². The molecule has 214 valence electrons. The van der Waals surface area contributed by atoms with E-state index >= 15 is 0 Å². The number of nitrogens with one attached hydrogen (secondary N) is 1. The van der Waals surface area contributed by atoms with Crippen molar-refractivity contribution in [1.29, 1.82) is 0 Å². The summed E-state index contributed by atoms with van der Waals surface area (Å²) in [6, 6.07) is 4.61. The molecular formula is C29H42N4O6. The molecule has 0 spiro atoms. The molecule has 3 saturated heterocycles. The second-order valence-corrected chi connectivity index (χ2v) is 12.6. The summed E-state index contributed by atoms with van der Waals surface area (Å²) in [5.41, 5.74) is 1.63. The number of fused-ring (bicyclic) bond motifs is 4. The van der Waals surface area contributed by atoms with Gasteiger partial charge < -0.3 is 19.7 Å². The van der Waals surface area contributed by atoms with E-state index in [1.807, 2.05) is 0 Å². The smallest absolute Gasteiger partial charge is 0.434 e. The lowest BCUT2D eigenvalue weighted by Crippen LogP contribution is -2.55. The quantitative estimate of drug-likeness (QED) is 0.446. The maximum absolute atomic E-state index is 13.4. The molecule has 3 unspecified atom stereocenters. The first-order valence-corrected chi connectivity index (χ1v) is 13.7. The Hall–Kier alpha value is -3.11. The third kappa shape index (κ3) is 6.38. The van der Waals surface area contributed by atoms with Crippen molar-refractivity contribution in [1.82, 2.24) is 15.3 Å². The summed E-state index contributed by atoms with van der Waals surface area (Å²) in [4.78, 5) is 33.1. The van der Waals surface area contributed by atoms with Gasteiger partial charge in [0, 0.05) is 24.2 Å². The minimum Gasteiger partial charge on any atom is -0.506 e. The number of amides is 2. The zero-order chi connectivity index (χ0) is 28.7. The summed E-state index contributed by atoms with van der Waals surface area (Å²) in [5.74, 6) is 0.881. The number of pyridine rings is 1. The molecule has 3 fully saturated rings. The summed E-state index contributed by atoms with van der Waals surface area (Å²) in [7, 11) is 0. The molecule has 0 radical (unpaired) electrons. The van der Waals surface area contributed by atoms with Gasteiger partial charge in [0.1, 0.15) is 22.6 Å². The summed E-state index contributed by atoms with van der Waals surface area (Å²) < 4.78 is 11.0. The number of phenols is 1. The van der Waals surface area contributed by atoms with Gasteiger partial charge in [-0.2, -0.15) is 5.01 Å². The largest absolute Gasteiger partial charge is 0.506 e. The number of aromatic hydroxyl groups is 1. The van der Waals surface area contributed by atoms with E-state index in [9.17, 15) is 19.8 Å². The summed E-state index contributed by atoms with van der Waals surface area (Å²) in [5, 5.41) is 24.1. The number of nitrogens with zero attached hydrogens (tertiary/aromatic N) is 3. The lowest BCUT2D eigenvalue weighted by atomic mass is 9.72. The maximum atomic E-state index is 13.4. The number of carbonyl (C=O) groups is 2. The molecule has 3 N–H and O–H groups in total. The zero-order valence-corrected chi connectivity index (χ0v) is 24.0. The van der Waals surface area contributed by atoms with Gasteiger partial charge in [-0.3, -0.25) is 9.88 Å². The third-order valence-electron chi connectivity index (χ3n) is 7.44. The van der Waals surface area contributed by atoms with Crippen LogP contribution in [0.4, 0.5) is 15.3 Å². The van der Waals surface area contributed by atoms with E-state index in [2.05, 4.69) is 22.2 Å². The first kappa shape index (κ1) is 28.9. The van der Waals surface area contributed by atoms with Crippen LogP contribution in [-0.4, -0.2) is 62.6 Å². The Balaban J connectivity index is 1.81. The molecule has 3 aliphatic heterocycles. The number of hydrogen-bond acceptors (Lipinski definition) is 8. The molecule has 10 heteroatoms. The predicted molar refractivity (Wildman–Crippen MR) is 148 cm³/mol. The standard InChI is InChI=1S/C29H42N4O6/c1-8-17-16-32-14-12-18(17)15-21(32)25(35)19-11-13-30-20-9-10-22(34)24(23(19)20)33(27(37)39-29(5,6)7)31-26(36)38-28(2,3)4/h9-11,13,17-18,21,25,34-35H,8,12,14-16H2,1-7H3,(H,31,36)/t17-,18?,21+,25?/m0/s1. The van der Waals surface area contributed by atoms with Gasteiger partial charge in [-0.05, 0) is 96.5 Å². The van der Waals surface area contributed by atoms with Crippen LogP contribution >= 0.6 is 0 Å². The molecule has 1 aromatic carbocycles. The summed E-state index contributed by atoms with van der Waals surface area (Å²) >= 11 is 0.